The van der Waals surface area contributed by atoms with Gasteiger partial charge in [0.05, 0.1) is 27.1 Å². The highest BCUT2D eigenvalue weighted by molar-refractivity contribution is 9.10. The van der Waals surface area contributed by atoms with E-state index < -0.39 is 0 Å². The van der Waals surface area contributed by atoms with Gasteiger partial charge >= 0.3 is 0 Å². The van der Waals surface area contributed by atoms with Crippen LogP contribution in [0.3, 0.4) is 0 Å². The van der Waals surface area contributed by atoms with E-state index in [0.717, 1.165) is 5.52 Å². The second-order valence-corrected chi connectivity index (χ2v) is 4.63. The summed E-state index contributed by atoms with van der Waals surface area (Å²) in [7, 11) is 0. The lowest BCUT2D eigenvalue weighted by Crippen LogP contribution is -2.16. The second-order valence-electron chi connectivity index (χ2n) is 3.21. The molecule has 3 rings (SSSR count). The van der Waals surface area contributed by atoms with Crippen molar-refractivity contribution >= 4 is 48.8 Å². The Bertz CT molecular complexity index is 761. The number of para-hydroxylation sites is 1. The summed E-state index contributed by atoms with van der Waals surface area (Å²) in [5.41, 5.74) is 0.623. The number of hydrogen-bond acceptors (Lipinski definition) is 3. The zero-order valence-electron chi connectivity index (χ0n) is 7.76. The Kier molecular flexibility index (Phi) is 2.11. The third-order valence-electron chi connectivity index (χ3n) is 2.34. The molecule has 0 N–H and O–H groups in total. The minimum absolute atomic E-state index is 0.150. The van der Waals surface area contributed by atoms with Crippen LogP contribution in [-0.2, 0) is 0 Å². The fraction of sp³-hybridized carbons (Fsp3) is 0. The van der Waals surface area contributed by atoms with Crippen molar-refractivity contribution in [3.63, 3.8) is 0 Å². The van der Waals surface area contributed by atoms with Gasteiger partial charge in [0.1, 0.15) is 0 Å². The molecule has 16 heavy (non-hydrogen) atoms. The van der Waals surface area contributed by atoms with E-state index >= 15 is 0 Å². The van der Waals surface area contributed by atoms with Crippen LogP contribution < -0.4 is 5.56 Å². The summed E-state index contributed by atoms with van der Waals surface area (Å²) in [6.07, 6.45) is 0. The van der Waals surface area contributed by atoms with Gasteiger partial charge < -0.3 is 0 Å². The maximum atomic E-state index is 12.0. The lowest BCUT2D eigenvalue weighted by molar-refractivity contribution is 1.06. The zero-order valence-corrected chi connectivity index (χ0v) is 10.9. The smallest absolute Gasteiger partial charge is 0.268 e. The van der Waals surface area contributed by atoms with Gasteiger partial charge in [0.15, 0.2) is 0 Å². The summed E-state index contributed by atoms with van der Waals surface area (Å²) < 4.78 is 3.62. The number of hydrogen-bond donors (Lipinski definition) is 0. The van der Waals surface area contributed by atoms with Crippen molar-refractivity contribution < 1.29 is 0 Å². The summed E-state index contributed by atoms with van der Waals surface area (Å²) >= 11 is 6.48. The number of benzene rings is 1. The molecule has 0 aliphatic heterocycles. The van der Waals surface area contributed by atoms with Gasteiger partial charge in [-0.05, 0) is 28.1 Å². The molecule has 0 radical (unpaired) electrons. The van der Waals surface area contributed by atoms with Crippen molar-refractivity contribution in [3.05, 3.63) is 39.4 Å². The SMILES string of the molecule is O=c1c2ccccc2n2c(Br)nnc2n1Br. The minimum atomic E-state index is -0.150. The molecule has 2 aromatic heterocycles. The van der Waals surface area contributed by atoms with E-state index in [4.69, 9.17) is 0 Å². The molecule has 0 aliphatic rings. The molecular weight excluding hydrogens is 340 g/mol. The maximum Gasteiger partial charge on any atom is 0.273 e. The van der Waals surface area contributed by atoms with Crippen LogP contribution in [0.1, 0.15) is 0 Å². The van der Waals surface area contributed by atoms with E-state index in [1.54, 1.807) is 10.5 Å². The monoisotopic (exact) mass is 342 g/mol. The molecule has 2 heterocycles. The third kappa shape index (κ3) is 1.18. The molecule has 0 saturated heterocycles. The highest BCUT2D eigenvalue weighted by Crippen LogP contribution is 2.17. The van der Waals surface area contributed by atoms with Crippen LogP contribution in [0.2, 0.25) is 0 Å². The summed E-state index contributed by atoms with van der Waals surface area (Å²) in [4.78, 5) is 12.0. The quantitative estimate of drug-likeness (QED) is 0.627. The lowest BCUT2D eigenvalue weighted by atomic mass is 10.2. The Morgan fingerprint density at radius 3 is 2.75 bits per heavy atom. The predicted molar refractivity (Wildman–Crippen MR) is 66.8 cm³/mol. The van der Waals surface area contributed by atoms with Gasteiger partial charge in [-0.3, -0.25) is 9.20 Å². The molecule has 0 atom stereocenters. The first-order chi connectivity index (χ1) is 7.70. The molecular formula is C9H4Br2N4O. The normalized spacial score (nSPS) is 11.4. The molecule has 0 spiro atoms. The van der Waals surface area contributed by atoms with Crippen LogP contribution in [0.4, 0.5) is 0 Å². The average molecular weight is 344 g/mol. The Morgan fingerprint density at radius 2 is 1.94 bits per heavy atom. The Hall–Kier alpha value is -1.21. The molecule has 0 amide bonds. The Labute approximate surface area is 106 Å². The number of aromatic nitrogens is 4. The number of nitrogens with zero attached hydrogens (tertiary/aromatic N) is 4. The highest BCUT2D eigenvalue weighted by atomic mass is 79.9. The average Bonchev–Trinajstić information content (AvgIpc) is 2.69. The molecule has 5 nitrogen and oxygen atoms in total. The van der Waals surface area contributed by atoms with Crippen molar-refractivity contribution in [2.75, 3.05) is 0 Å². The number of halogens is 2. The Morgan fingerprint density at radius 1 is 1.19 bits per heavy atom. The molecule has 3 aromatic rings. The number of fused-ring (bicyclic) bond motifs is 3. The van der Waals surface area contributed by atoms with Crippen LogP contribution in [0.15, 0.2) is 33.8 Å². The van der Waals surface area contributed by atoms with E-state index in [2.05, 4.69) is 42.3 Å². The molecule has 0 bridgehead atoms. The van der Waals surface area contributed by atoms with Crippen molar-refractivity contribution in [2.45, 2.75) is 0 Å². The summed E-state index contributed by atoms with van der Waals surface area (Å²) in [6, 6.07) is 7.30. The standard InChI is InChI=1S/C9H4Br2N4O/c10-8-12-13-9-14(8)6-4-2-1-3-5(6)7(16)15(9)11/h1-4H. The largest absolute Gasteiger partial charge is 0.273 e. The van der Waals surface area contributed by atoms with Crippen LogP contribution in [0.5, 0.6) is 0 Å². The van der Waals surface area contributed by atoms with Gasteiger partial charge in [-0.25, -0.2) is 3.59 Å². The first-order valence-electron chi connectivity index (χ1n) is 4.40. The first-order valence-corrected chi connectivity index (χ1v) is 5.91. The van der Waals surface area contributed by atoms with Gasteiger partial charge in [0.25, 0.3) is 5.56 Å². The summed E-state index contributed by atoms with van der Waals surface area (Å²) in [5.74, 6) is 0.440. The van der Waals surface area contributed by atoms with Crippen molar-refractivity contribution in [1.82, 2.24) is 18.2 Å². The van der Waals surface area contributed by atoms with Crippen LogP contribution in [0.25, 0.3) is 16.7 Å². The molecule has 7 heteroatoms. The van der Waals surface area contributed by atoms with E-state index in [1.165, 1.54) is 3.59 Å². The minimum Gasteiger partial charge on any atom is -0.268 e. The predicted octanol–water partition coefficient (Wildman–Crippen LogP) is 1.96. The van der Waals surface area contributed by atoms with E-state index in [0.29, 0.717) is 15.9 Å². The maximum absolute atomic E-state index is 12.0. The third-order valence-corrected chi connectivity index (χ3v) is 3.49. The molecule has 0 saturated carbocycles. The van der Waals surface area contributed by atoms with Crippen LogP contribution in [0, 0.1) is 0 Å². The molecule has 0 unspecified atom stereocenters. The van der Waals surface area contributed by atoms with Crippen molar-refractivity contribution in [1.29, 1.82) is 0 Å². The molecule has 0 fully saturated rings. The van der Waals surface area contributed by atoms with Gasteiger partial charge in [-0.15, -0.1) is 10.2 Å². The molecule has 0 aliphatic carbocycles. The molecule has 80 valence electrons. The van der Waals surface area contributed by atoms with Gasteiger partial charge in [-0.2, -0.15) is 0 Å². The molecule has 1 aromatic carbocycles. The van der Waals surface area contributed by atoms with Crippen molar-refractivity contribution in [3.8, 4) is 0 Å². The zero-order chi connectivity index (χ0) is 11.3. The van der Waals surface area contributed by atoms with Crippen LogP contribution >= 0.6 is 32.1 Å². The van der Waals surface area contributed by atoms with E-state index in [1.807, 2.05) is 18.2 Å². The lowest BCUT2D eigenvalue weighted by Gasteiger charge is -2.03. The fourth-order valence-electron chi connectivity index (χ4n) is 1.64. The second kappa shape index (κ2) is 3.39. The summed E-state index contributed by atoms with van der Waals surface area (Å²) in [6.45, 7) is 0. The Balaban J connectivity index is 2.77. The van der Waals surface area contributed by atoms with Gasteiger partial charge in [0.2, 0.25) is 10.5 Å². The summed E-state index contributed by atoms with van der Waals surface area (Å²) in [5, 5.41) is 8.40. The van der Waals surface area contributed by atoms with E-state index in [-0.39, 0.29) is 5.56 Å². The van der Waals surface area contributed by atoms with Gasteiger partial charge in [0, 0.05) is 0 Å². The topological polar surface area (TPSA) is 52.2 Å². The van der Waals surface area contributed by atoms with Crippen LogP contribution in [-0.4, -0.2) is 18.2 Å². The number of rotatable bonds is 0. The first kappa shape index (κ1) is 9.98. The van der Waals surface area contributed by atoms with Crippen molar-refractivity contribution in [2.24, 2.45) is 0 Å². The van der Waals surface area contributed by atoms with Gasteiger partial charge in [-0.1, -0.05) is 12.1 Å². The fourth-order valence-corrected chi connectivity index (χ4v) is 2.49. The van der Waals surface area contributed by atoms with E-state index in [9.17, 15) is 4.79 Å². The highest BCUT2D eigenvalue weighted by Gasteiger charge is 2.12.